The van der Waals surface area contributed by atoms with Gasteiger partial charge in [0.05, 0.1) is 25.1 Å². The normalized spacial score (nSPS) is 21.2. The molecular formula is C18H18Cl2N2O3. The molecule has 2 heterocycles. The molecule has 0 spiro atoms. The molecule has 0 radical (unpaired) electrons. The first-order valence-corrected chi connectivity index (χ1v) is 8.55. The molecule has 2 aliphatic rings. The number of carbonyl (C=O) groups excluding carboxylic acids is 2. The van der Waals surface area contributed by atoms with Gasteiger partial charge in [0.25, 0.3) is 0 Å². The first-order valence-electron chi connectivity index (χ1n) is 7.80. The van der Waals surface area contributed by atoms with Gasteiger partial charge in [-0.15, -0.1) is 0 Å². The average molecular weight is 381 g/mol. The maximum atomic E-state index is 12.8. The number of rotatable bonds is 2. The minimum Gasteiger partial charge on any atom is -0.466 e. The van der Waals surface area contributed by atoms with Gasteiger partial charge in [0.2, 0.25) is 0 Å². The first kappa shape index (κ1) is 18.0. The molecule has 7 heteroatoms. The van der Waals surface area contributed by atoms with Gasteiger partial charge < -0.3 is 10.1 Å². The Morgan fingerprint density at radius 2 is 1.92 bits per heavy atom. The Morgan fingerprint density at radius 3 is 2.52 bits per heavy atom. The maximum Gasteiger partial charge on any atom is 0.336 e. The monoisotopic (exact) mass is 380 g/mol. The lowest BCUT2D eigenvalue weighted by Crippen LogP contribution is -2.44. The molecule has 25 heavy (non-hydrogen) atoms. The second kappa shape index (κ2) is 6.83. The summed E-state index contributed by atoms with van der Waals surface area (Å²) in [7, 11) is 3.18. The predicted octanol–water partition coefficient (Wildman–Crippen LogP) is 2.90. The third kappa shape index (κ3) is 3.08. The van der Waals surface area contributed by atoms with Crippen LogP contribution in [0.25, 0.3) is 0 Å². The number of nitrogens with one attached hydrogen (secondary N) is 1. The Bertz CT molecular complexity index is 809. The van der Waals surface area contributed by atoms with E-state index in [-0.39, 0.29) is 12.3 Å². The van der Waals surface area contributed by atoms with Crippen LogP contribution in [0.15, 0.2) is 40.7 Å². The first-order chi connectivity index (χ1) is 11.8. The Kier molecular flexibility index (Phi) is 4.91. The summed E-state index contributed by atoms with van der Waals surface area (Å²) in [6.45, 7) is 2.63. The molecule has 1 N–H and O–H groups in total. The number of ether oxygens (including phenoxy) is 1. The SMILES string of the molecule is COC(=O)C1=C(C)NC2=C(C(=O)CN(C)C2)C1c1c(Cl)cccc1Cl. The lowest BCUT2D eigenvalue weighted by Gasteiger charge is -2.37. The van der Waals surface area contributed by atoms with Gasteiger partial charge in [-0.2, -0.15) is 0 Å². The van der Waals surface area contributed by atoms with Crippen molar-refractivity contribution in [2.45, 2.75) is 12.8 Å². The number of hydrogen-bond acceptors (Lipinski definition) is 5. The quantitative estimate of drug-likeness (QED) is 0.799. The number of esters is 1. The number of allylic oxidation sites excluding steroid dienone is 1. The topological polar surface area (TPSA) is 58.6 Å². The van der Waals surface area contributed by atoms with E-state index in [1.165, 1.54) is 7.11 Å². The highest BCUT2D eigenvalue weighted by molar-refractivity contribution is 6.36. The number of halogens is 2. The predicted molar refractivity (Wildman–Crippen MR) is 96.6 cm³/mol. The van der Waals surface area contributed by atoms with Gasteiger partial charge >= 0.3 is 5.97 Å². The third-order valence-electron chi connectivity index (χ3n) is 4.48. The highest BCUT2D eigenvalue weighted by Gasteiger charge is 2.41. The number of dihydropyridines is 1. The van der Waals surface area contributed by atoms with Crippen molar-refractivity contribution < 1.29 is 14.3 Å². The van der Waals surface area contributed by atoms with E-state index in [1.807, 2.05) is 11.9 Å². The summed E-state index contributed by atoms with van der Waals surface area (Å²) in [5, 5.41) is 4.01. The molecule has 0 saturated heterocycles. The second-order valence-electron chi connectivity index (χ2n) is 6.21. The van der Waals surface area contributed by atoms with E-state index in [1.54, 1.807) is 25.1 Å². The van der Waals surface area contributed by atoms with Crippen molar-refractivity contribution in [2.75, 3.05) is 27.2 Å². The Morgan fingerprint density at radius 1 is 1.28 bits per heavy atom. The van der Waals surface area contributed by atoms with Crippen LogP contribution in [-0.4, -0.2) is 43.9 Å². The van der Waals surface area contributed by atoms with Crippen LogP contribution in [0.1, 0.15) is 18.4 Å². The van der Waals surface area contributed by atoms with E-state index < -0.39 is 11.9 Å². The van der Waals surface area contributed by atoms with Crippen LogP contribution in [0.5, 0.6) is 0 Å². The number of hydrogen-bond donors (Lipinski definition) is 1. The molecule has 1 aromatic rings. The molecule has 0 aromatic heterocycles. The molecule has 0 saturated carbocycles. The minimum absolute atomic E-state index is 0.0638. The van der Waals surface area contributed by atoms with Crippen molar-refractivity contribution >= 4 is 35.0 Å². The highest BCUT2D eigenvalue weighted by atomic mass is 35.5. The van der Waals surface area contributed by atoms with Crippen LogP contribution in [0.3, 0.4) is 0 Å². The second-order valence-corrected chi connectivity index (χ2v) is 7.03. The lowest BCUT2D eigenvalue weighted by molar-refractivity contribution is -0.136. The maximum absolute atomic E-state index is 12.8. The van der Waals surface area contributed by atoms with Crippen molar-refractivity contribution in [3.8, 4) is 0 Å². The molecule has 0 fully saturated rings. The van der Waals surface area contributed by atoms with Gasteiger partial charge in [-0.3, -0.25) is 9.69 Å². The molecule has 0 amide bonds. The average Bonchev–Trinajstić information content (AvgIpc) is 2.53. The molecule has 2 aliphatic heterocycles. The largest absolute Gasteiger partial charge is 0.466 e. The van der Waals surface area contributed by atoms with Crippen LogP contribution in [-0.2, 0) is 14.3 Å². The van der Waals surface area contributed by atoms with Crippen molar-refractivity contribution in [1.29, 1.82) is 0 Å². The summed E-state index contributed by atoms with van der Waals surface area (Å²) in [5.74, 6) is -1.22. The summed E-state index contributed by atoms with van der Waals surface area (Å²) >= 11 is 12.8. The standard InChI is InChI=1S/C18H18Cl2N2O3/c1-9-14(18(24)25-3)17(15-10(19)5-4-6-11(15)20)16-12(21-9)7-22(2)8-13(16)23/h4-6,17,21H,7-8H2,1-3H3. The van der Waals surface area contributed by atoms with Gasteiger partial charge in [-0.05, 0) is 26.1 Å². The zero-order chi connectivity index (χ0) is 18.3. The lowest BCUT2D eigenvalue weighted by atomic mass is 9.77. The Hall–Kier alpha value is -1.82. The van der Waals surface area contributed by atoms with Crippen molar-refractivity contribution in [2.24, 2.45) is 0 Å². The zero-order valence-electron chi connectivity index (χ0n) is 14.2. The number of Topliss-reactive ketones (excluding diaryl/α,β-unsaturated/α-hetero) is 1. The molecular weight excluding hydrogens is 363 g/mol. The molecule has 1 aromatic carbocycles. The smallest absolute Gasteiger partial charge is 0.336 e. The molecule has 0 aliphatic carbocycles. The van der Waals surface area contributed by atoms with E-state index in [0.717, 1.165) is 5.70 Å². The van der Waals surface area contributed by atoms with Crippen LogP contribution >= 0.6 is 23.2 Å². The molecule has 3 rings (SSSR count). The summed E-state index contributed by atoms with van der Waals surface area (Å²) in [4.78, 5) is 27.2. The van der Waals surface area contributed by atoms with E-state index in [0.29, 0.717) is 39.0 Å². The van der Waals surface area contributed by atoms with Crippen molar-refractivity contribution in [3.05, 3.63) is 56.3 Å². The van der Waals surface area contributed by atoms with Crippen LogP contribution in [0.4, 0.5) is 0 Å². The summed E-state index contributed by atoms with van der Waals surface area (Å²) in [6, 6.07) is 5.14. The van der Waals surface area contributed by atoms with Crippen molar-refractivity contribution in [3.63, 3.8) is 0 Å². The summed E-state index contributed by atoms with van der Waals surface area (Å²) in [6.07, 6.45) is 0. The van der Waals surface area contributed by atoms with Crippen LogP contribution < -0.4 is 5.32 Å². The summed E-state index contributed by atoms with van der Waals surface area (Å²) in [5.41, 5.74) is 2.84. The van der Waals surface area contributed by atoms with E-state index >= 15 is 0 Å². The molecule has 5 nitrogen and oxygen atoms in total. The molecule has 0 bridgehead atoms. The number of benzene rings is 1. The zero-order valence-corrected chi connectivity index (χ0v) is 15.7. The number of carbonyl (C=O) groups is 2. The van der Waals surface area contributed by atoms with Gasteiger partial charge in [0.1, 0.15) is 0 Å². The molecule has 1 unspecified atom stereocenters. The Labute approximate surface area is 156 Å². The Balaban J connectivity index is 2.28. The highest BCUT2D eigenvalue weighted by Crippen LogP contribution is 2.45. The van der Waals surface area contributed by atoms with Gasteiger partial charge in [-0.25, -0.2) is 4.79 Å². The van der Waals surface area contributed by atoms with Crippen molar-refractivity contribution in [1.82, 2.24) is 10.2 Å². The van der Waals surface area contributed by atoms with Gasteiger partial charge in [-0.1, -0.05) is 29.3 Å². The number of methoxy groups -OCH3 is 1. The number of likely N-dealkylation sites (N-methyl/N-ethyl adjacent to an activating group) is 1. The number of nitrogens with zero attached hydrogens (tertiary/aromatic N) is 1. The van der Waals surface area contributed by atoms with Crippen LogP contribution in [0.2, 0.25) is 10.0 Å². The van der Waals surface area contributed by atoms with Crippen LogP contribution in [0, 0.1) is 0 Å². The third-order valence-corrected chi connectivity index (χ3v) is 5.14. The van der Waals surface area contributed by atoms with E-state index in [4.69, 9.17) is 27.9 Å². The minimum atomic E-state index is -0.647. The van der Waals surface area contributed by atoms with Gasteiger partial charge in [0.15, 0.2) is 5.78 Å². The van der Waals surface area contributed by atoms with E-state index in [2.05, 4.69) is 5.32 Å². The fourth-order valence-electron chi connectivity index (χ4n) is 3.46. The number of ketones is 1. The van der Waals surface area contributed by atoms with E-state index in [9.17, 15) is 9.59 Å². The van der Waals surface area contributed by atoms with Gasteiger partial charge in [0, 0.05) is 39.1 Å². The molecule has 1 atom stereocenters. The fraction of sp³-hybridized carbons (Fsp3) is 0.333. The fourth-order valence-corrected chi connectivity index (χ4v) is 4.08. The molecule has 132 valence electrons. The summed E-state index contributed by atoms with van der Waals surface area (Å²) < 4.78 is 4.96.